The van der Waals surface area contributed by atoms with Gasteiger partial charge in [0.15, 0.2) is 5.82 Å². The molecule has 0 amide bonds. The van der Waals surface area contributed by atoms with Gasteiger partial charge >= 0.3 is 0 Å². The first-order valence-electron chi connectivity index (χ1n) is 4.76. The Morgan fingerprint density at radius 2 is 2.33 bits per heavy atom. The molecule has 1 aromatic rings. The minimum Gasteiger partial charge on any atom is -0.379 e. The van der Waals surface area contributed by atoms with E-state index in [1.807, 2.05) is 6.92 Å². The van der Waals surface area contributed by atoms with Crippen LogP contribution in [0.15, 0.2) is 18.2 Å². The van der Waals surface area contributed by atoms with Crippen molar-refractivity contribution in [2.24, 2.45) is 0 Å². The maximum absolute atomic E-state index is 13.5. The van der Waals surface area contributed by atoms with Crippen molar-refractivity contribution in [2.75, 3.05) is 5.32 Å². The fourth-order valence-corrected chi connectivity index (χ4v) is 1.42. The van der Waals surface area contributed by atoms with Crippen LogP contribution >= 0.6 is 11.6 Å². The van der Waals surface area contributed by atoms with Gasteiger partial charge in [-0.25, -0.2) is 4.39 Å². The number of nitrogens with one attached hydrogen (secondary N) is 1. The van der Waals surface area contributed by atoms with Gasteiger partial charge in [0.25, 0.3) is 0 Å². The van der Waals surface area contributed by atoms with Crippen molar-refractivity contribution in [3.8, 4) is 6.07 Å². The molecular formula is C11H12ClFN2. The molecule has 0 aromatic heterocycles. The van der Waals surface area contributed by atoms with Gasteiger partial charge in [-0.1, -0.05) is 24.6 Å². The van der Waals surface area contributed by atoms with Crippen LogP contribution in [0.25, 0.3) is 0 Å². The third-order valence-corrected chi connectivity index (χ3v) is 2.43. The SMILES string of the molecule is CCC(CC#N)Nc1cccc(Cl)c1F. The number of nitrogens with zero attached hydrogens (tertiary/aromatic N) is 1. The predicted octanol–water partition coefficient (Wildman–Crippen LogP) is 3.58. The molecule has 1 rings (SSSR count). The zero-order valence-electron chi connectivity index (χ0n) is 8.43. The average Bonchev–Trinajstić information content (AvgIpc) is 2.24. The first-order valence-corrected chi connectivity index (χ1v) is 5.14. The number of rotatable bonds is 4. The monoisotopic (exact) mass is 226 g/mol. The highest BCUT2D eigenvalue weighted by molar-refractivity contribution is 6.31. The first-order chi connectivity index (χ1) is 7.19. The summed E-state index contributed by atoms with van der Waals surface area (Å²) in [6.45, 7) is 1.94. The normalized spacial score (nSPS) is 11.9. The highest BCUT2D eigenvalue weighted by Gasteiger charge is 2.10. The molecule has 0 radical (unpaired) electrons. The van der Waals surface area contributed by atoms with Gasteiger partial charge in [-0.15, -0.1) is 0 Å². The molecule has 1 atom stereocenters. The number of hydrogen-bond acceptors (Lipinski definition) is 2. The smallest absolute Gasteiger partial charge is 0.164 e. The number of nitriles is 1. The number of halogens is 2. The minimum atomic E-state index is -0.462. The van der Waals surface area contributed by atoms with Crippen molar-refractivity contribution in [2.45, 2.75) is 25.8 Å². The van der Waals surface area contributed by atoms with Crippen molar-refractivity contribution in [1.29, 1.82) is 5.26 Å². The van der Waals surface area contributed by atoms with Crippen LogP contribution in [0.4, 0.5) is 10.1 Å². The Hall–Kier alpha value is -1.27. The average molecular weight is 227 g/mol. The van der Waals surface area contributed by atoms with Gasteiger partial charge < -0.3 is 5.32 Å². The molecule has 1 N–H and O–H groups in total. The molecule has 0 aliphatic carbocycles. The number of benzene rings is 1. The molecule has 2 nitrogen and oxygen atoms in total. The predicted molar refractivity (Wildman–Crippen MR) is 59.3 cm³/mol. The van der Waals surface area contributed by atoms with Gasteiger partial charge in [0, 0.05) is 6.04 Å². The third kappa shape index (κ3) is 3.10. The Morgan fingerprint density at radius 1 is 1.60 bits per heavy atom. The van der Waals surface area contributed by atoms with Gasteiger partial charge in [-0.2, -0.15) is 5.26 Å². The molecule has 0 fully saturated rings. The van der Waals surface area contributed by atoms with Crippen LogP contribution in [0.5, 0.6) is 0 Å². The van der Waals surface area contributed by atoms with Gasteiger partial charge in [-0.05, 0) is 18.6 Å². The van der Waals surface area contributed by atoms with Crippen molar-refractivity contribution in [3.05, 3.63) is 29.0 Å². The van der Waals surface area contributed by atoms with Crippen molar-refractivity contribution in [3.63, 3.8) is 0 Å². The Labute approximate surface area is 93.7 Å². The van der Waals surface area contributed by atoms with E-state index < -0.39 is 5.82 Å². The van der Waals surface area contributed by atoms with E-state index in [2.05, 4.69) is 11.4 Å². The van der Waals surface area contributed by atoms with E-state index >= 15 is 0 Å². The fraction of sp³-hybridized carbons (Fsp3) is 0.364. The van der Waals surface area contributed by atoms with E-state index in [1.165, 1.54) is 6.07 Å². The quantitative estimate of drug-likeness (QED) is 0.852. The van der Waals surface area contributed by atoms with Gasteiger partial charge in [0.2, 0.25) is 0 Å². The summed E-state index contributed by atoms with van der Waals surface area (Å²) >= 11 is 5.64. The summed E-state index contributed by atoms with van der Waals surface area (Å²) in [7, 11) is 0. The molecule has 1 unspecified atom stereocenters. The fourth-order valence-electron chi connectivity index (χ4n) is 1.24. The second-order valence-electron chi connectivity index (χ2n) is 3.21. The lowest BCUT2D eigenvalue weighted by molar-refractivity contribution is 0.621. The summed E-state index contributed by atoms with van der Waals surface area (Å²) < 4.78 is 13.5. The van der Waals surface area contributed by atoms with E-state index in [1.54, 1.807) is 12.1 Å². The lowest BCUT2D eigenvalue weighted by Crippen LogP contribution is -2.18. The third-order valence-electron chi connectivity index (χ3n) is 2.14. The van der Waals surface area contributed by atoms with E-state index in [0.29, 0.717) is 12.1 Å². The lowest BCUT2D eigenvalue weighted by Gasteiger charge is -2.15. The minimum absolute atomic E-state index is 0.0389. The Balaban J connectivity index is 2.80. The molecule has 0 saturated carbocycles. The molecule has 80 valence electrons. The van der Waals surface area contributed by atoms with Gasteiger partial charge in [-0.3, -0.25) is 0 Å². The standard InChI is InChI=1S/C11H12ClFN2/c1-2-8(6-7-14)15-10-5-3-4-9(12)11(10)13/h3-5,8,15H,2,6H2,1H3. The van der Waals surface area contributed by atoms with E-state index in [9.17, 15) is 4.39 Å². The molecule has 4 heteroatoms. The summed E-state index contributed by atoms with van der Waals surface area (Å²) in [5.74, 6) is -0.462. The molecule has 0 spiro atoms. The second-order valence-corrected chi connectivity index (χ2v) is 3.62. The summed E-state index contributed by atoms with van der Waals surface area (Å²) in [5, 5.41) is 11.6. The van der Waals surface area contributed by atoms with Crippen LogP contribution in [-0.4, -0.2) is 6.04 Å². The molecule has 0 saturated heterocycles. The second kappa shape index (κ2) is 5.57. The first kappa shape index (κ1) is 11.8. The van der Waals surface area contributed by atoms with E-state index in [0.717, 1.165) is 6.42 Å². The maximum atomic E-state index is 13.5. The van der Waals surface area contributed by atoms with Crippen LogP contribution in [0, 0.1) is 17.1 Å². The van der Waals surface area contributed by atoms with E-state index in [4.69, 9.17) is 16.9 Å². The molecule has 0 heterocycles. The zero-order valence-corrected chi connectivity index (χ0v) is 9.18. The van der Waals surface area contributed by atoms with Gasteiger partial charge in [0.05, 0.1) is 23.2 Å². The maximum Gasteiger partial charge on any atom is 0.164 e. The van der Waals surface area contributed by atoms with Crippen LogP contribution in [0.3, 0.4) is 0 Å². The molecule has 0 aliphatic heterocycles. The molecule has 1 aromatic carbocycles. The highest BCUT2D eigenvalue weighted by atomic mass is 35.5. The van der Waals surface area contributed by atoms with Crippen LogP contribution in [0.1, 0.15) is 19.8 Å². The molecular weight excluding hydrogens is 215 g/mol. The molecule has 15 heavy (non-hydrogen) atoms. The Kier molecular flexibility index (Phi) is 4.38. The van der Waals surface area contributed by atoms with Crippen LogP contribution in [-0.2, 0) is 0 Å². The topological polar surface area (TPSA) is 35.8 Å². The molecule has 0 bridgehead atoms. The molecule has 0 aliphatic rings. The van der Waals surface area contributed by atoms with Crippen molar-refractivity contribution in [1.82, 2.24) is 0 Å². The van der Waals surface area contributed by atoms with E-state index in [-0.39, 0.29) is 11.1 Å². The Bertz CT molecular complexity index is 373. The van der Waals surface area contributed by atoms with Crippen LogP contribution in [0.2, 0.25) is 5.02 Å². The van der Waals surface area contributed by atoms with Crippen molar-refractivity contribution < 1.29 is 4.39 Å². The number of anilines is 1. The summed E-state index contributed by atoms with van der Waals surface area (Å²) in [6, 6.07) is 6.80. The highest BCUT2D eigenvalue weighted by Crippen LogP contribution is 2.23. The summed E-state index contributed by atoms with van der Waals surface area (Å²) in [5.41, 5.74) is 0.351. The van der Waals surface area contributed by atoms with Gasteiger partial charge in [0.1, 0.15) is 0 Å². The summed E-state index contributed by atoms with van der Waals surface area (Å²) in [4.78, 5) is 0. The van der Waals surface area contributed by atoms with Crippen molar-refractivity contribution >= 4 is 17.3 Å². The summed E-state index contributed by atoms with van der Waals surface area (Å²) in [6.07, 6.45) is 1.11. The zero-order chi connectivity index (χ0) is 11.3. The van der Waals surface area contributed by atoms with Crippen LogP contribution < -0.4 is 5.32 Å². The number of hydrogen-bond donors (Lipinski definition) is 1. The Morgan fingerprint density at radius 3 is 2.93 bits per heavy atom. The largest absolute Gasteiger partial charge is 0.379 e. The lowest BCUT2D eigenvalue weighted by atomic mass is 10.1.